The maximum Gasteiger partial charge on any atom is 0.348 e. The largest absolute Gasteiger partial charge is 0.508 e. The van der Waals surface area contributed by atoms with Gasteiger partial charge in [-0.15, -0.1) is 6.58 Å². The Morgan fingerprint density at radius 1 is 1.08 bits per heavy atom. The Hall–Kier alpha value is -4.06. The molecule has 1 unspecified atom stereocenters. The van der Waals surface area contributed by atoms with Crippen LogP contribution in [0.2, 0.25) is 0 Å². The summed E-state index contributed by atoms with van der Waals surface area (Å²) in [4.78, 5) is 19.8. The highest BCUT2D eigenvalue weighted by atomic mass is 16.5. The molecule has 36 heavy (non-hydrogen) atoms. The number of rotatable bonds is 6. The number of carbonyl (C=O) groups is 1. The van der Waals surface area contributed by atoms with Crippen LogP contribution in [0.5, 0.6) is 17.2 Å². The summed E-state index contributed by atoms with van der Waals surface area (Å²) in [5.41, 5.74) is 5.14. The van der Waals surface area contributed by atoms with Crippen LogP contribution in [0.3, 0.4) is 0 Å². The third-order valence-electron chi connectivity index (χ3n) is 6.86. The molecule has 1 heterocycles. The van der Waals surface area contributed by atoms with Crippen molar-refractivity contribution in [1.82, 2.24) is 0 Å². The lowest BCUT2D eigenvalue weighted by Crippen LogP contribution is -2.39. The van der Waals surface area contributed by atoms with Gasteiger partial charge in [-0.1, -0.05) is 37.6 Å². The van der Waals surface area contributed by atoms with Crippen molar-refractivity contribution in [2.45, 2.75) is 45.6 Å². The van der Waals surface area contributed by atoms with Gasteiger partial charge < -0.3 is 14.9 Å². The molecule has 0 bridgehead atoms. The van der Waals surface area contributed by atoms with E-state index in [2.05, 4.69) is 11.6 Å². The first kappa shape index (κ1) is 25.0. The van der Waals surface area contributed by atoms with Gasteiger partial charge in [-0.25, -0.2) is 4.79 Å². The maximum atomic E-state index is 13.7. The van der Waals surface area contributed by atoms with Crippen LogP contribution in [-0.4, -0.2) is 29.1 Å². The van der Waals surface area contributed by atoms with Crippen LogP contribution in [-0.2, 0) is 5.41 Å². The number of benzene rings is 3. The summed E-state index contributed by atoms with van der Waals surface area (Å²) in [6.45, 7) is 11.9. The molecule has 0 aliphatic carbocycles. The highest BCUT2D eigenvalue weighted by Gasteiger charge is 2.36. The minimum atomic E-state index is -0.512. The van der Waals surface area contributed by atoms with E-state index in [9.17, 15) is 15.0 Å². The zero-order chi connectivity index (χ0) is 26.2. The molecule has 0 aromatic heterocycles. The smallest absolute Gasteiger partial charge is 0.348 e. The second-order valence-corrected chi connectivity index (χ2v) is 9.80. The Bertz CT molecular complexity index is 1360. The van der Waals surface area contributed by atoms with Gasteiger partial charge in [-0.3, -0.25) is 4.90 Å². The summed E-state index contributed by atoms with van der Waals surface area (Å²) in [7, 11) is 1.55. The van der Waals surface area contributed by atoms with Crippen molar-refractivity contribution in [3.63, 3.8) is 0 Å². The average Bonchev–Trinajstić information content (AvgIpc) is 2.84. The average molecular weight is 485 g/mol. The number of aliphatic imine (C=N–C) groups is 1. The van der Waals surface area contributed by atoms with Crippen molar-refractivity contribution in [2.24, 2.45) is 4.99 Å². The summed E-state index contributed by atoms with van der Waals surface area (Å²) in [5, 5.41) is 20.6. The Kier molecular flexibility index (Phi) is 6.63. The van der Waals surface area contributed by atoms with Gasteiger partial charge in [0.15, 0.2) is 0 Å². The van der Waals surface area contributed by atoms with Gasteiger partial charge in [0.2, 0.25) is 0 Å². The number of phenolic OH excluding ortho intramolecular Hbond substituents is 2. The molecule has 0 spiro atoms. The first-order chi connectivity index (χ1) is 17.1. The topological polar surface area (TPSA) is 82.4 Å². The van der Waals surface area contributed by atoms with E-state index in [4.69, 9.17) is 4.74 Å². The predicted octanol–water partition coefficient (Wildman–Crippen LogP) is 6.75. The number of amides is 2. The van der Waals surface area contributed by atoms with Crippen molar-refractivity contribution < 1.29 is 19.7 Å². The van der Waals surface area contributed by atoms with E-state index in [1.54, 1.807) is 48.4 Å². The van der Waals surface area contributed by atoms with Crippen molar-refractivity contribution in [2.75, 3.05) is 12.0 Å². The van der Waals surface area contributed by atoms with E-state index in [0.29, 0.717) is 23.4 Å². The number of nitrogens with zero attached hydrogens (tertiary/aromatic N) is 2. The Labute approximate surface area is 212 Å². The van der Waals surface area contributed by atoms with E-state index in [1.165, 1.54) is 0 Å². The molecule has 0 saturated carbocycles. The number of methoxy groups -OCH3 is 1. The van der Waals surface area contributed by atoms with Crippen LogP contribution >= 0.6 is 0 Å². The molecule has 1 aliphatic heterocycles. The van der Waals surface area contributed by atoms with Crippen LogP contribution in [0.15, 0.2) is 72.2 Å². The van der Waals surface area contributed by atoms with Crippen molar-refractivity contribution in [3.05, 3.63) is 95.1 Å². The minimum absolute atomic E-state index is 0.105. The Morgan fingerprint density at radius 2 is 1.78 bits per heavy atom. The number of urea groups is 1. The van der Waals surface area contributed by atoms with Gasteiger partial charge in [-0.2, -0.15) is 4.99 Å². The van der Waals surface area contributed by atoms with E-state index >= 15 is 0 Å². The number of ether oxygens (including phenoxy) is 1. The van der Waals surface area contributed by atoms with Crippen LogP contribution in [0, 0.1) is 13.8 Å². The molecule has 186 valence electrons. The molecule has 3 aromatic carbocycles. The monoisotopic (exact) mass is 484 g/mol. The van der Waals surface area contributed by atoms with Gasteiger partial charge in [0.1, 0.15) is 17.2 Å². The number of aryl methyl sites for hydroxylation is 2. The van der Waals surface area contributed by atoms with E-state index < -0.39 is 11.5 Å². The van der Waals surface area contributed by atoms with Crippen molar-refractivity contribution in [3.8, 4) is 17.2 Å². The molecule has 2 N–H and O–H groups in total. The molecular weight excluding hydrogens is 452 g/mol. The number of anilines is 1. The number of hydrogen-bond donors (Lipinski definition) is 2. The molecule has 0 radical (unpaired) electrons. The molecule has 1 aliphatic rings. The third-order valence-corrected chi connectivity index (χ3v) is 6.86. The molecule has 0 saturated heterocycles. The fraction of sp³-hybridized carbons (Fsp3) is 0.267. The summed E-state index contributed by atoms with van der Waals surface area (Å²) in [6, 6.07) is 15.3. The summed E-state index contributed by atoms with van der Waals surface area (Å²) >= 11 is 0. The number of carbonyl (C=O) groups excluding carboxylic acids is 1. The lowest BCUT2D eigenvalue weighted by Gasteiger charge is -2.37. The molecule has 6 heteroatoms. The molecular formula is C30H32N2O4. The Morgan fingerprint density at radius 3 is 2.39 bits per heavy atom. The second kappa shape index (κ2) is 9.53. The van der Waals surface area contributed by atoms with Crippen LogP contribution < -0.4 is 9.64 Å². The quantitative estimate of drug-likeness (QED) is 0.379. The van der Waals surface area contributed by atoms with E-state index in [-0.39, 0.29) is 17.5 Å². The lowest BCUT2D eigenvalue weighted by molar-refractivity contribution is 0.250. The molecule has 0 fully saturated rings. The van der Waals surface area contributed by atoms with E-state index in [1.807, 2.05) is 52.0 Å². The van der Waals surface area contributed by atoms with Gasteiger partial charge in [0, 0.05) is 34.7 Å². The fourth-order valence-electron chi connectivity index (χ4n) is 4.70. The van der Waals surface area contributed by atoms with E-state index in [0.717, 1.165) is 27.9 Å². The Balaban J connectivity index is 1.95. The molecule has 4 rings (SSSR count). The predicted molar refractivity (Wildman–Crippen MR) is 144 cm³/mol. The van der Waals surface area contributed by atoms with Gasteiger partial charge in [-0.05, 0) is 61.4 Å². The first-order valence-corrected chi connectivity index (χ1v) is 11.9. The summed E-state index contributed by atoms with van der Waals surface area (Å²) in [5.74, 6) is 0.732. The SMILES string of the molecule is C=CC(C)(C)c1cc(C2CC(c3ccc(O)cc3)=NC(=O)N2c2ccc(C)cc2C)c(OC)cc1O. The highest BCUT2D eigenvalue weighted by Crippen LogP contribution is 2.44. The number of aromatic hydroxyl groups is 2. The zero-order valence-electron chi connectivity index (χ0n) is 21.4. The number of phenols is 2. The highest BCUT2D eigenvalue weighted by molar-refractivity contribution is 6.13. The van der Waals surface area contributed by atoms with Crippen molar-refractivity contribution in [1.29, 1.82) is 0 Å². The van der Waals surface area contributed by atoms with Crippen LogP contribution in [0.4, 0.5) is 10.5 Å². The fourth-order valence-corrected chi connectivity index (χ4v) is 4.70. The number of hydrogen-bond acceptors (Lipinski definition) is 4. The normalized spacial score (nSPS) is 16.0. The van der Waals surface area contributed by atoms with Crippen LogP contribution in [0.25, 0.3) is 0 Å². The summed E-state index contributed by atoms with van der Waals surface area (Å²) < 4.78 is 5.71. The molecule has 2 amide bonds. The number of allylic oxidation sites excluding steroid dienone is 1. The van der Waals surface area contributed by atoms with Crippen molar-refractivity contribution >= 4 is 17.4 Å². The second-order valence-electron chi connectivity index (χ2n) is 9.80. The minimum Gasteiger partial charge on any atom is -0.508 e. The van der Waals surface area contributed by atoms with Gasteiger partial charge >= 0.3 is 6.03 Å². The summed E-state index contributed by atoms with van der Waals surface area (Å²) in [6.07, 6.45) is 2.20. The van der Waals surface area contributed by atoms with Gasteiger partial charge in [0.25, 0.3) is 0 Å². The molecule has 1 atom stereocenters. The molecule has 3 aromatic rings. The molecule has 6 nitrogen and oxygen atoms in total. The van der Waals surface area contributed by atoms with Gasteiger partial charge in [0.05, 0.1) is 18.9 Å². The lowest BCUT2D eigenvalue weighted by atomic mass is 9.81. The third kappa shape index (κ3) is 4.59. The first-order valence-electron chi connectivity index (χ1n) is 11.9. The zero-order valence-corrected chi connectivity index (χ0v) is 21.4. The van der Waals surface area contributed by atoms with Crippen LogP contribution in [0.1, 0.15) is 54.1 Å². The standard InChI is InChI=1S/C30H32N2O4/c1-7-30(4,5)23-15-22(28(36-6)17-27(23)34)26-16-24(20-9-11-21(33)12-10-20)31-29(35)32(26)25-13-8-18(2)14-19(25)3/h7-15,17,26,33-34H,1,16H2,2-6H3. The maximum absolute atomic E-state index is 13.7.